The lowest BCUT2D eigenvalue weighted by atomic mass is 10.0. The van der Waals surface area contributed by atoms with Crippen molar-refractivity contribution in [2.24, 2.45) is 0 Å². The smallest absolute Gasteiger partial charge is 0.306 e. The fraction of sp³-hybridized carbons (Fsp3) is 0.868. The van der Waals surface area contributed by atoms with Gasteiger partial charge in [0, 0.05) is 19.3 Å². The van der Waals surface area contributed by atoms with E-state index >= 15 is 0 Å². The molecule has 0 unspecified atom stereocenters. The Morgan fingerprint density at radius 3 is 0.864 bits per heavy atom. The molecule has 1 atom stereocenters. The van der Waals surface area contributed by atoms with Crippen molar-refractivity contribution in [3.8, 4) is 0 Å². The monoisotopic (exact) mass is 831 g/mol. The molecule has 0 heterocycles. The van der Waals surface area contributed by atoms with E-state index in [2.05, 4.69) is 45.1 Å². The van der Waals surface area contributed by atoms with Crippen LogP contribution in [0, 0.1) is 0 Å². The molecule has 0 aliphatic rings. The summed E-state index contributed by atoms with van der Waals surface area (Å²) in [6.45, 7) is 6.62. The summed E-state index contributed by atoms with van der Waals surface area (Å²) < 4.78 is 16.8. The van der Waals surface area contributed by atoms with Gasteiger partial charge in [-0.3, -0.25) is 14.4 Å². The van der Waals surface area contributed by atoms with Crippen molar-refractivity contribution in [1.82, 2.24) is 0 Å². The Hall–Kier alpha value is -2.11. The van der Waals surface area contributed by atoms with Gasteiger partial charge in [0.15, 0.2) is 6.10 Å². The number of rotatable bonds is 47. The zero-order valence-corrected chi connectivity index (χ0v) is 39.5. The highest BCUT2D eigenvalue weighted by atomic mass is 16.6. The molecule has 0 aliphatic heterocycles. The van der Waals surface area contributed by atoms with Crippen molar-refractivity contribution in [1.29, 1.82) is 0 Å². The van der Waals surface area contributed by atoms with E-state index < -0.39 is 6.10 Å². The van der Waals surface area contributed by atoms with Crippen LogP contribution in [0.4, 0.5) is 0 Å². The van der Waals surface area contributed by atoms with Crippen LogP contribution in [0.15, 0.2) is 24.3 Å². The summed E-state index contributed by atoms with van der Waals surface area (Å²) in [4.78, 5) is 37.9. The minimum atomic E-state index is -0.773. The van der Waals surface area contributed by atoms with Gasteiger partial charge >= 0.3 is 17.9 Å². The lowest BCUT2D eigenvalue weighted by Gasteiger charge is -2.18. The average Bonchev–Trinajstić information content (AvgIpc) is 3.23. The molecule has 0 aromatic heterocycles. The first-order chi connectivity index (χ1) is 29.0. The summed E-state index contributed by atoms with van der Waals surface area (Å²) >= 11 is 0. The standard InChI is InChI=1S/C53H98O6/c1-4-7-10-13-16-19-22-25-26-29-31-34-37-40-43-46-52(55)58-49-50(59-53(56)47-44-41-38-35-32-28-24-21-18-15-12-9-6-3)48-57-51(54)45-42-39-36-33-30-27-23-20-17-14-11-8-5-2/h20-21,23-24,50H,4-19,22,25-49H2,1-3H3/t50-/m1/s1. The van der Waals surface area contributed by atoms with Crippen LogP contribution in [-0.2, 0) is 28.6 Å². The molecule has 346 valence electrons. The van der Waals surface area contributed by atoms with Gasteiger partial charge in [-0.15, -0.1) is 0 Å². The van der Waals surface area contributed by atoms with E-state index in [0.717, 1.165) is 70.6 Å². The van der Waals surface area contributed by atoms with Crippen molar-refractivity contribution in [3.05, 3.63) is 24.3 Å². The maximum atomic E-state index is 12.8. The van der Waals surface area contributed by atoms with E-state index in [1.807, 2.05) is 0 Å². The van der Waals surface area contributed by atoms with Gasteiger partial charge < -0.3 is 14.2 Å². The molecule has 0 aliphatic carbocycles. The fourth-order valence-corrected chi connectivity index (χ4v) is 7.49. The van der Waals surface area contributed by atoms with E-state index in [9.17, 15) is 14.4 Å². The van der Waals surface area contributed by atoms with Gasteiger partial charge in [-0.2, -0.15) is 0 Å². The normalized spacial score (nSPS) is 12.1. The topological polar surface area (TPSA) is 78.9 Å². The molecule has 59 heavy (non-hydrogen) atoms. The maximum Gasteiger partial charge on any atom is 0.306 e. The van der Waals surface area contributed by atoms with Crippen LogP contribution in [0.2, 0.25) is 0 Å². The second kappa shape index (κ2) is 48.6. The van der Waals surface area contributed by atoms with Gasteiger partial charge in [-0.25, -0.2) is 0 Å². The van der Waals surface area contributed by atoms with Crippen molar-refractivity contribution in [2.75, 3.05) is 13.2 Å². The molecule has 0 bridgehead atoms. The molecule has 0 radical (unpaired) electrons. The molecule has 0 amide bonds. The number of hydrogen-bond acceptors (Lipinski definition) is 6. The van der Waals surface area contributed by atoms with E-state index in [0.29, 0.717) is 19.3 Å². The minimum Gasteiger partial charge on any atom is -0.462 e. The first kappa shape index (κ1) is 56.9. The third-order valence-electron chi connectivity index (χ3n) is 11.4. The average molecular weight is 831 g/mol. The van der Waals surface area contributed by atoms with Crippen LogP contribution >= 0.6 is 0 Å². The summed E-state index contributed by atoms with van der Waals surface area (Å²) in [5, 5.41) is 0. The predicted octanol–water partition coefficient (Wildman–Crippen LogP) is 16.8. The minimum absolute atomic E-state index is 0.0735. The lowest BCUT2D eigenvalue weighted by Crippen LogP contribution is -2.30. The van der Waals surface area contributed by atoms with Gasteiger partial charge in [0.1, 0.15) is 13.2 Å². The van der Waals surface area contributed by atoms with Crippen molar-refractivity contribution < 1.29 is 28.6 Å². The summed E-state index contributed by atoms with van der Waals surface area (Å²) in [5.41, 5.74) is 0. The number of esters is 3. The Morgan fingerprint density at radius 1 is 0.322 bits per heavy atom. The molecule has 6 nitrogen and oxygen atoms in total. The molecule has 0 aromatic carbocycles. The van der Waals surface area contributed by atoms with E-state index in [1.165, 1.54) is 167 Å². The Bertz CT molecular complexity index is 958. The van der Waals surface area contributed by atoms with Crippen LogP contribution in [0.25, 0.3) is 0 Å². The van der Waals surface area contributed by atoms with Crippen LogP contribution in [0.3, 0.4) is 0 Å². The summed E-state index contributed by atoms with van der Waals surface area (Å²) in [6, 6.07) is 0. The number of carbonyl (C=O) groups is 3. The molecule has 6 heteroatoms. The van der Waals surface area contributed by atoms with Crippen molar-refractivity contribution >= 4 is 17.9 Å². The van der Waals surface area contributed by atoms with Gasteiger partial charge in [0.25, 0.3) is 0 Å². The quantitative estimate of drug-likeness (QED) is 0.0263. The van der Waals surface area contributed by atoms with Gasteiger partial charge in [-0.05, 0) is 70.6 Å². The molecule has 0 aromatic rings. The largest absolute Gasteiger partial charge is 0.462 e. The maximum absolute atomic E-state index is 12.8. The first-order valence-corrected chi connectivity index (χ1v) is 25.8. The summed E-state index contributed by atoms with van der Waals surface area (Å²) in [7, 11) is 0. The van der Waals surface area contributed by atoms with Crippen LogP contribution < -0.4 is 0 Å². The number of ether oxygens (including phenoxy) is 3. The number of allylic oxidation sites excluding steroid dienone is 4. The van der Waals surface area contributed by atoms with Crippen molar-refractivity contribution in [3.63, 3.8) is 0 Å². The SMILES string of the molecule is CCCCCCC=CCCCCCCCC(=O)OC[C@H](COC(=O)CCCCCCCCCCCCCCCCC)OC(=O)CCCCCCCC=CCCCCCC. The van der Waals surface area contributed by atoms with Crippen LogP contribution in [-0.4, -0.2) is 37.2 Å². The lowest BCUT2D eigenvalue weighted by molar-refractivity contribution is -0.167. The van der Waals surface area contributed by atoms with E-state index in [1.54, 1.807) is 0 Å². The second-order valence-corrected chi connectivity index (χ2v) is 17.4. The fourth-order valence-electron chi connectivity index (χ4n) is 7.49. The molecule has 0 N–H and O–H groups in total. The first-order valence-electron chi connectivity index (χ1n) is 25.8. The third-order valence-corrected chi connectivity index (χ3v) is 11.4. The number of carbonyl (C=O) groups excluding carboxylic acids is 3. The van der Waals surface area contributed by atoms with E-state index in [-0.39, 0.29) is 31.1 Å². The zero-order valence-electron chi connectivity index (χ0n) is 39.5. The highest BCUT2D eigenvalue weighted by molar-refractivity contribution is 5.71. The summed E-state index contributed by atoms with van der Waals surface area (Å²) in [5.74, 6) is -0.879. The Kier molecular flexibility index (Phi) is 46.8. The predicted molar refractivity (Wildman–Crippen MR) is 252 cm³/mol. The molecule has 0 rings (SSSR count). The third kappa shape index (κ3) is 46.8. The molecule has 0 fully saturated rings. The second-order valence-electron chi connectivity index (χ2n) is 17.4. The number of unbranched alkanes of at least 4 members (excludes halogenated alkanes) is 32. The Labute approximate surface area is 366 Å². The Balaban J connectivity index is 4.35. The number of hydrogen-bond donors (Lipinski definition) is 0. The van der Waals surface area contributed by atoms with E-state index in [4.69, 9.17) is 14.2 Å². The molecule has 0 saturated carbocycles. The van der Waals surface area contributed by atoms with Crippen LogP contribution in [0.5, 0.6) is 0 Å². The molecular formula is C53H98O6. The zero-order chi connectivity index (χ0) is 43.0. The molecule has 0 saturated heterocycles. The van der Waals surface area contributed by atoms with Gasteiger partial charge in [-0.1, -0.05) is 212 Å². The molecular weight excluding hydrogens is 733 g/mol. The molecule has 0 spiro atoms. The van der Waals surface area contributed by atoms with Crippen molar-refractivity contribution in [2.45, 2.75) is 284 Å². The summed E-state index contributed by atoms with van der Waals surface area (Å²) in [6.07, 6.45) is 54.4. The Morgan fingerprint density at radius 2 is 0.559 bits per heavy atom. The van der Waals surface area contributed by atoms with Crippen LogP contribution in [0.1, 0.15) is 278 Å². The van der Waals surface area contributed by atoms with Gasteiger partial charge in [0.2, 0.25) is 0 Å². The highest BCUT2D eigenvalue weighted by Crippen LogP contribution is 2.15. The van der Waals surface area contributed by atoms with Gasteiger partial charge in [0.05, 0.1) is 0 Å². The highest BCUT2D eigenvalue weighted by Gasteiger charge is 2.19.